The molecular formula is C27H37ClN4O2. The molecule has 1 aliphatic heterocycles. The van der Waals surface area contributed by atoms with Crippen LogP contribution < -0.4 is 10.6 Å². The number of nitrogens with zero attached hydrogens (tertiary/aromatic N) is 2. The Balaban J connectivity index is 1.26. The first-order valence-corrected chi connectivity index (χ1v) is 13.2. The van der Waals surface area contributed by atoms with Gasteiger partial charge in [0, 0.05) is 47.8 Å². The van der Waals surface area contributed by atoms with Crippen molar-refractivity contribution < 1.29 is 9.59 Å². The number of unbranched alkanes of at least 4 members (excludes halogenated alkanes) is 2. The van der Waals surface area contributed by atoms with Crippen molar-refractivity contribution in [3.05, 3.63) is 35.5 Å². The lowest BCUT2D eigenvalue weighted by molar-refractivity contribution is -0.151. The second kappa shape index (κ2) is 11.4. The molecule has 1 unspecified atom stereocenters. The highest BCUT2D eigenvalue weighted by Crippen LogP contribution is 2.31. The van der Waals surface area contributed by atoms with E-state index in [2.05, 4.69) is 15.6 Å². The smallest absolute Gasteiger partial charge is 0.245 e. The van der Waals surface area contributed by atoms with Gasteiger partial charge in [-0.15, -0.1) is 0 Å². The number of anilines is 1. The SMILES string of the molecule is CC1(C(=O)NC2CCCCC2)CCCC(=O)N1CCCCCNc1ccnc2cc(Cl)ccc12. The number of halogens is 1. The number of fused-ring (bicyclic) bond motifs is 1. The fourth-order valence-electron chi connectivity index (χ4n) is 5.39. The number of aromatic nitrogens is 1. The van der Waals surface area contributed by atoms with E-state index in [-0.39, 0.29) is 17.9 Å². The molecular weight excluding hydrogens is 448 g/mol. The molecule has 1 aromatic carbocycles. The molecule has 1 atom stereocenters. The summed E-state index contributed by atoms with van der Waals surface area (Å²) >= 11 is 6.08. The monoisotopic (exact) mass is 484 g/mol. The average Bonchev–Trinajstić information content (AvgIpc) is 2.83. The Morgan fingerprint density at radius 2 is 1.97 bits per heavy atom. The number of hydrogen-bond acceptors (Lipinski definition) is 4. The van der Waals surface area contributed by atoms with E-state index in [0.717, 1.165) is 68.1 Å². The fraction of sp³-hybridized carbons (Fsp3) is 0.593. The maximum atomic E-state index is 13.2. The van der Waals surface area contributed by atoms with E-state index in [0.29, 0.717) is 18.0 Å². The molecule has 2 amide bonds. The number of benzene rings is 1. The summed E-state index contributed by atoms with van der Waals surface area (Å²) < 4.78 is 0. The second-order valence-electron chi connectivity index (χ2n) is 9.99. The zero-order chi connectivity index (χ0) is 24.0. The third kappa shape index (κ3) is 5.83. The van der Waals surface area contributed by atoms with Gasteiger partial charge in [0.05, 0.1) is 5.52 Å². The molecule has 1 saturated carbocycles. The summed E-state index contributed by atoms with van der Waals surface area (Å²) in [6.07, 6.45) is 12.5. The molecule has 2 N–H and O–H groups in total. The molecule has 2 heterocycles. The van der Waals surface area contributed by atoms with Gasteiger partial charge in [0.2, 0.25) is 11.8 Å². The molecule has 0 bridgehead atoms. The van der Waals surface area contributed by atoms with Crippen LogP contribution in [0.3, 0.4) is 0 Å². The van der Waals surface area contributed by atoms with Crippen molar-refractivity contribution in [3.8, 4) is 0 Å². The Labute approximate surface area is 207 Å². The second-order valence-corrected chi connectivity index (χ2v) is 10.4. The van der Waals surface area contributed by atoms with Crippen LogP contribution in [0.5, 0.6) is 0 Å². The number of pyridine rings is 1. The van der Waals surface area contributed by atoms with Crippen LogP contribution in [0, 0.1) is 0 Å². The van der Waals surface area contributed by atoms with Crippen LogP contribution in [-0.2, 0) is 9.59 Å². The van der Waals surface area contributed by atoms with Crippen molar-refractivity contribution in [2.45, 2.75) is 89.1 Å². The van der Waals surface area contributed by atoms with Crippen LogP contribution in [0.1, 0.15) is 77.6 Å². The number of nitrogens with one attached hydrogen (secondary N) is 2. The molecule has 2 aromatic rings. The molecule has 4 rings (SSSR count). The summed E-state index contributed by atoms with van der Waals surface area (Å²) in [4.78, 5) is 32.3. The van der Waals surface area contributed by atoms with E-state index >= 15 is 0 Å². The van der Waals surface area contributed by atoms with Gasteiger partial charge in [0.15, 0.2) is 0 Å². The molecule has 1 saturated heterocycles. The van der Waals surface area contributed by atoms with Gasteiger partial charge in [-0.1, -0.05) is 30.9 Å². The lowest BCUT2D eigenvalue weighted by Gasteiger charge is -2.44. The lowest BCUT2D eigenvalue weighted by Crippen LogP contribution is -2.62. The Bertz CT molecular complexity index is 1010. The summed E-state index contributed by atoms with van der Waals surface area (Å²) in [5, 5.41) is 8.52. The minimum absolute atomic E-state index is 0.0405. The number of rotatable bonds is 9. The van der Waals surface area contributed by atoms with Gasteiger partial charge in [-0.3, -0.25) is 14.6 Å². The van der Waals surface area contributed by atoms with Gasteiger partial charge in [0.25, 0.3) is 0 Å². The zero-order valence-electron chi connectivity index (χ0n) is 20.2. The molecule has 0 spiro atoms. The van der Waals surface area contributed by atoms with Crippen LogP contribution in [0.2, 0.25) is 5.02 Å². The molecule has 6 nitrogen and oxygen atoms in total. The van der Waals surface area contributed by atoms with E-state index < -0.39 is 5.54 Å². The van der Waals surface area contributed by atoms with E-state index in [1.807, 2.05) is 36.1 Å². The van der Waals surface area contributed by atoms with Gasteiger partial charge in [-0.2, -0.15) is 0 Å². The average molecular weight is 485 g/mol. The minimum Gasteiger partial charge on any atom is -0.384 e. The highest BCUT2D eigenvalue weighted by molar-refractivity contribution is 6.31. The van der Waals surface area contributed by atoms with Crippen molar-refractivity contribution in [2.75, 3.05) is 18.4 Å². The standard InChI is InChI=1S/C27H37ClN4O2/c1-27(26(34)31-21-9-4-2-5-10-21)15-8-11-25(33)32(27)18-7-3-6-16-29-23-14-17-30-24-19-20(28)12-13-22(23)24/h12-14,17,19,21H,2-11,15-16,18H2,1H3,(H,29,30)(H,31,34). The number of hydrogen-bond donors (Lipinski definition) is 2. The van der Waals surface area contributed by atoms with Crippen LogP contribution in [-0.4, -0.2) is 46.4 Å². The summed E-state index contributed by atoms with van der Waals surface area (Å²) in [6, 6.07) is 8.00. The summed E-state index contributed by atoms with van der Waals surface area (Å²) in [5.74, 6) is 0.159. The lowest BCUT2D eigenvalue weighted by atomic mass is 9.85. The first-order chi connectivity index (χ1) is 16.5. The van der Waals surface area contributed by atoms with E-state index in [1.54, 1.807) is 6.20 Å². The number of carbonyl (C=O) groups excluding carboxylic acids is 2. The van der Waals surface area contributed by atoms with E-state index in [4.69, 9.17) is 11.6 Å². The molecule has 184 valence electrons. The van der Waals surface area contributed by atoms with Gasteiger partial charge < -0.3 is 15.5 Å². The molecule has 2 aliphatic rings. The molecule has 7 heteroatoms. The Kier molecular flexibility index (Phi) is 8.30. The highest BCUT2D eigenvalue weighted by atomic mass is 35.5. The predicted molar refractivity (Wildman–Crippen MR) is 138 cm³/mol. The van der Waals surface area contributed by atoms with Crippen LogP contribution >= 0.6 is 11.6 Å². The van der Waals surface area contributed by atoms with Crippen molar-refractivity contribution in [2.24, 2.45) is 0 Å². The Hall–Kier alpha value is -2.34. The molecule has 1 aromatic heterocycles. The van der Waals surface area contributed by atoms with Crippen LogP contribution in [0.15, 0.2) is 30.5 Å². The van der Waals surface area contributed by atoms with Crippen molar-refractivity contribution in [1.29, 1.82) is 0 Å². The predicted octanol–water partition coefficient (Wildman–Crippen LogP) is 5.69. The van der Waals surface area contributed by atoms with E-state index in [9.17, 15) is 9.59 Å². The largest absolute Gasteiger partial charge is 0.384 e. The Morgan fingerprint density at radius 1 is 1.15 bits per heavy atom. The quantitative estimate of drug-likeness (QED) is 0.448. The molecule has 34 heavy (non-hydrogen) atoms. The Morgan fingerprint density at radius 3 is 2.79 bits per heavy atom. The molecule has 0 radical (unpaired) electrons. The summed E-state index contributed by atoms with van der Waals surface area (Å²) in [6.45, 7) is 3.45. The highest BCUT2D eigenvalue weighted by Gasteiger charge is 2.44. The summed E-state index contributed by atoms with van der Waals surface area (Å²) in [5.41, 5.74) is 1.22. The topological polar surface area (TPSA) is 74.3 Å². The normalized spacial score (nSPS) is 21.6. The maximum Gasteiger partial charge on any atom is 0.245 e. The van der Waals surface area contributed by atoms with Crippen LogP contribution in [0.25, 0.3) is 10.9 Å². The molecule has 1 aliphatic carbocycles. The number of carbonyl (C=O) groups is 2. The van der Waals surface area contributed by atoms with Crippen molar-refractivity contribution in [1.82, 2.24) is 15.2 Å². The third-order valence-corrected chi connectivity index (χ3v) is 7.69. The fourth-order valence-corrected chi connectivity index (χ4v) is 5.56. The van der Waals surface area contributed by atoms with Gasteiger partial charge in [0.1, 0.15) is 5.54 Å². The van der Waals surface area contributed by atoms with Gasteiger partial charge in [-0.05, 0) is 76.1 Å². The molecule has 2 fully saturated rings. The minimum atomic E-state index is -0.720. The van der Waals surface area contributed by atoms with Gasteiger partial charge >= 0.3 is 0 Å². The first kappa shape index (κ1) is 24.8. The number of amides is 2. The third-order valence-electron chi connectivity index (χ3n) is 7.46. The zero-order valence-corrected chi connectivity index (χ0v) is 21.0. The van der Waals surface area contributed by atoms with Crippen LogP contribution in [0.4, 0.5) is 5.69 Å². The maximum absolute atomic E-state index is 13.2. The first-order valence-electron chi connectivity index (χ1n) is 12.9. The number of piperidine rings is 1. The van der Waals surface area contributed by atoms with Crippen molar-refractivity contribution >= 4 is 40.0 Å². The number of likely N-dealkylation sites (tertiary alicyclic amines) is 1. The van der Waals surface area contributed by atoms with Gasteiger partial charge in [-0.25, -0.2) is 0 Å². The van der Waals surface area contributed by atoms with Crippen molar-refractivity contribution in [3.63, 3.8) is 0 Å². The summed E-state index contributed by atoms with van der Waals surface area (Å²) in [7, 11) is 0. The van der Waals surface area contributed by atoms with E-state index in [1.165, 1.54) is 19.3 Å².